The predicted octanol–water partition coefficient (Wildman–Crippen LogP) is 0.425. The SMILES string of the molecule is C#CCONC(=O)c1ccc(Cl)nn1. The zero-order valence-electron chi connectivity index (χ0n) is 7.03. The average molecular weight is 212 g/mol. The van der Waals surface area contributed by atoms with Crippen LogP contribution in [0.25, 0.3) is 0 Å². The lowest BCUT2D eigenvalue weighted by Crippen LogP contribution is -2.25. The number of amides is 1. The van der Waals surface area contributed by atoms with Gasteiger partial charge in [-0.1, -0.05) is 17.5 Å². The van der Waals surface area contributed by atoms with Gasteiger partial charge in [-0.25, -0.2) is 5.48 Å². The fourth-order valence-corrected chi connectivity index (χ4v) is 0.733. The quantitative estimate of drug-likeness (QED) is 0.447. The molecule has 5 nitrogen and oxygen atoms in total. The van der Waals surface area contributed by atoms with Crippen LogP contribution in [0.4, 0.5) is 0 Å². The van der Waals surface area contributed by atoms with Crippen LogP contribution in [-0.2, 0) is 4.84 Å². The minimum absolute atomic E-state index is 0.00718. The fourth-order valence-electron chi connectivity index (χ4n) is 0.633. The molecule has 0 saturated heterocycles. The smallest absolute Gasteiger partial charge is 0.265 e. The Balaban J connectivity index is 2.53. The summed E-state index contributed by atoms with van der Waals surface area (Å²) in [4.78, 5) is 15.8. The van der Waals surface area contributed by atoms with Crippen LogP contribution < -0.4 is 5.48 Å². The molecule has 6 heteroatoms. The molecule has 1 rings (SSSR count). The maximum Gasteiger partial charge on any atom is 0.295 e. The standard InChI is InChI=1S/C8H6ClN3O2/c1-2-5-14-12-8(13)6-3-4-7(9)11-10-6/h1,3-4H,5H2,(H,12,13). The van der Waals surface area contributed by atoms with Crippen molar-refractivity contribution >= 4 is 17.5 Å². The summed E-state index contributed by atoms with van der Waals surface area (Å²) in [6.07, 6.45) is 4.90. The highest BCUT2D eigenvalue weighted by molar-refractivity contribution is 6.29. The summed E-state index contributed by atoms with van der Waals surface area (Å²) in [6, 6.07) is 2.87. The minimum Gasteiger partial charge on any atom is -0.265 e. The van der Waals surface area contributed by atoms with Gasteiger partial charge in [0.1, 0.15) is 6.61 Å². The highest BCUT2D eigenvalue weighted by Gasteiger charge is 2.06. The Bertz CT molecular complexity index is 358. The molecule has 1 aromatic heterocycles. The number of hydrogen-bond donors (Lipinski definition) is 1. The van der Waals surface area contributed by atoms with Gasteiger partial charge in [0.15, 0.2) is 10.8 Å². The molecule has 1 aromatic rings. The number of terminal acetylenes is 1. The summed E-state index contributed by atoms with van der Waals surface area (Å²) in [7, 11) is 0. The largest absolute Gasteiger partial charge is 0.295 e. The second-order valence-corrected chi connectivity index (χ2v) is 2.55. The van der Waals surface area contributed by atoms with Crippen LogP contribution in [0.3, 0.4) is 0 Å². The maximum absolute atomic E-state index is 11.2. The molecule has 72 valence electrons. The normalized spacial score (nSPS) is 9.14. The van der Waals surface area contributed by atoms with Gasteiger partial charge >= 0.3 is 0 Å². The number of rotatable bonds is 3. The van der Waals surface area contributed by atoms with Crippen molar-refractivity contribution in [3.05, 3.63) is 23.0 Å². The first-order valence-electron chi connectivity index (χ1n) is 3.59. The third-order valence-corrected chi connectivity index (χ3v) is 1.39. The number of aromatic nitrogens is 2. The van der Waals surface area contributed by atoms with E-state index in [-0.39, 0.29) is 17.5 Å². The van der Waals surface area contributed by atoms with Crippen molar-refractivity contribution in [2.45, 2.75) is 0 Å². The van der Waals surface area contributed by atoms with Crippen LogP contribution in [0.2, 0.25) is 5.15 Å². The van der Waals surface area contributed by atoms with E-state index < -0.39 is 5.91 Å². The molecule has 0 aliphatic heterocycles. The van der Waals surface area contributed by atoms with Crippen molar-refractivity contribution in [3.8, 4) is 12.3 Å². The van der Waals surface area contributed by atoms with Crippen LogP contribution in [0.15, 0.2) is 12.1 Å². The second-order valence-electron chi connectivity index (χ2n) is 2.17. The van der Waals surface area contributed by atoms with E-state index in [9.17, 15) is 4.79 Å². The number of hydroxylamine groups is 1. The van der Waals surface area contributed by atoms with Crippen molar-refractivity contribution in [2.75, 3.05) is 6.61 Å². The molecule has 0 aliphatic rings. The van der Waals surface area contributed by atoms with Gasteiger partial charge in [-0.2, -0.15) is 0 Å². The Morgan fingerprint density at radius 3 is 3.00 bits per heavy atom. The molecule has 0 unspecified atom stereocenters. The van der Waals surface area contributed by atoms with Gasteiger partial charge in [0, 0.05) is 0 Å². The number of hydrogen-bond acceptors (Lipinski definition) is 4. The number of carbonyl (C=O) groups is 1. The lowest BCUT2D eigenvalue weighted by molar-refractivity contribution is 0.0432. The topological polar surface area (TPSA) is 64.1 Å². The average Bonchev–Trinajstić information content (AvgIpc) is 2.19. The van der Waals surface area contributed by atoms with Gasteiger partial charge < -0.3 is 0 Å². The molecule has 0 spiro atoms. The van der Waals surface area contributed by atoms with E-state index in [1.165, 1.54) is 12.1 Å². The summed E-state index contributed by atoms with van der Waals surface area (Å²) in [6.45, 7) is -0.00718. The Morgan fingerprint density at radius 2 is 2.43 bits per heavy atom. The van der Waals surface area contributed by atoms with Gasteiger partial charge in [0.2, 0.25) is 0 Å². The van der Waals surface area contributed by atoms with E-state index in [0.717, 1.165) is 0 Å². The Labute approximate surface area is 85.4 Å². The molecule has 14 heavy (non-hydrogen) atoms. The molecule has 1 amide bonds. The van der Waals surface area contributed by atoms with Gasteiger partial charge in [0.05, 0.1) is 0 Å². The van der Waals surface area contributed by atoms with Crippen LogP contribution in [0.5, 0.6) is 0 Å². The summed E-state index contributed by atoms with van der Waals surface area (Å²) in [5.74, 6) is 1.67. The summed E-state index contributed by atoms with van der Waals surface area (Å²) < 4.78 is 0. The molecule has 0 saturated carbocycles. The van der Waals surface area contributed by atoms with E-state index in [2.05, 4.69) is 26.4 Å². The third kappa shape index (κ3) is 3.01. The third-order valence-electron chi connectivity index (χ3n) is 1.19. The van der Waals surface area contributed by atoms with Crippen LogP contribution >= 0.6 is 11.6 Å². The van der Waals surface area contributed by atoms with Crippen molar-refractivity contribution in [1.82, 2.24) is 15.7 Å². The molecule has 0 bridgehead atoms. The Hall–Kier alpha value is -1.64. The van der Waals surface area contributed by atoms with E-state index in [0.29, 0.717) is 0 Å². The first-order valence-corrected chi connectivity index (χ1v) is 3.96. The molecule has 0 aliphatic carbocycles. The monoisotopic (exact) mass is 211 g/mol. The first kappa shape index (κ1) is 10.4. The zero-order chi connectivity index (χ0) is 10.4. The highest BCUT2D eigenvalue weighted by atomic mass is 35.5. The molecular weight excluding hydrogens is 206 g/mol. The van der Waals surface area contributed by atoms with Crippen molar-refractivity contribution in [3.63, 3.8) is 0 Å². The maximum atomic E-state index is 11.2. The van der Waals surface area contributed by atoms with Gasteiger partial charge in [0.25, 0.3) is 5.91 Å². The first-order chi connectivity index (χ1) is 6.74. The molecule has 0 aromatic carbocycles. The minimum atomic E-state index is -0.524. The van der Waals surface area contributed by atoms with Crippen LogP contribution in [0, 0.1) is 12.3 Å². The number of nitrogens with one attached hydrogen (secondary N) is 1. The molecule has 0 fully saturated rings. The summed E-state index contributed by atoms with van der Waals surface area (Å²) >= 11 is 5.48. The van der Waals surface area contributed by atoms with Gasteiger partial charge in [-0.3, -0.25) is 9.63 Å². The number of nitrogens with zero attached hydrogens (tertiary/aromatic N) is 2. The van der Waals surface area contributed by atoms with Crippen molar-refractivity contribution in [2.24, 2.45) is 0 Å². The van der Waals surface area contributed by atoms with Crippen molar-refractivity contribution in [1.29, 1.82) is 0 Å². The number of halogens is 1. The predicted molar refractivity (Wildman–Crippen MR) is 49.3 cm³/mol. The van der Waals surface area contributed by atoms with Crippen LogP contribution in [-0.4, -0.2) is 22.7 Å². The van der Waals surface area contributed by atoms with E-state index in [4.69, 9.17) is 18.0 Å². The second kappa shape index (κ2) is 5.17. The Kier molecular flexibility index (Phi) is 3.85. The van der Waals surface area contributed by atoms with E-state index >= 15 is 0 Å². The summed E-state index contributed by atoms with van der Waals surface area (Å²) in [5, 5.41) is 7.23. The molecular formula is C8H6ClN3O2. The summed E-state index contributed by atoms with van der Waals surface area (Å²) in [5.41, 5.74) is 2.20. The lowest BCUT2D eigenvalue weighted by Gasteiger charge is -2.00. The zero-order valence-corrected chi connectivity index (χ0v) is 7.78. The van der Waals surface area contributed by atoms with E-state index in [1.807, 2.05) is 0 Å². The highest BCUT2D eigenvalue weighted by Crippen LogP contribution is 2.01. The molecule has 1 heterocycles. The fraction of sp³-hybridized carbons (Fsp3) is 0.125. The molecule has 1 N–H and O–H groups in total. The lowest BCUT2D eigenvalue weighted by atomic mass is 10.4. The van der Waals surface area contributed by atoms with Crippen LogP contribution in [0.1, 0.15) is 10.5 Å². The van der Waals surface area contributed by atoms with E-state index in [1.54, 1.807) is 0 Å². The molecule has 0 atom stereocenters. The Morgan fingerprint density at radius 1 is 1.64 bits per heavy atom. The van der Waals surface area contributed by atoms with Crippen molar-refractivity contribution < 1.29 is 9.63 Å². The number of carbonyl (C=O) groups excluding carboxylic acids is 1. The van der Waals surface area contributed by atoms with Gasteiger partial charge in [-0.05, 0) is 12.1 Å². The van der Waals surface area contributed by atoms with Gasteiger partial charge in [-0.15, -0.1) is 16.6 Å². The molecule has 0 radical (unpaired) electrons.